The van der Waals surface area contributed by atoms with Crippen LogP contribution in [0.3, 0.4) is 0 Å². The van der Waals surface area contributed by atoms with Crippen LogP contribution in [0.1, 0.15) is 39.2 Å². The number of halogens is 3. The Bertz CT molecular complexity index is 894. The first-order chi connectivity index (χ1) is 14.3. The van der Waals surface area contributed by atoms with E-state index in [9.17, 15) is 31.2 Å². The Hall–Kier alpha value is -2.14. The largest absolute Gasteiger partial charge is 0.452 e. The molecule has 0 saturated carbocycles. The summed E-state index contributed by atoms with van der Waals surface area (Å²) in [6.45, 7) is 5.70. The number of alkyl halides is 3. The predicted molar refractivity (Wildman–Crippen MR) is 106 cm³/mol. The average molecular weight is 465 g/mol. The van der Waals surface area contributed by atoms with E-state index in [2.05, 4.69) is 5.32 Å². The predicted octanol–water partition coefficient (Wildman–Crippen LogP) is 2.81. The minimum Gasteiger partial charge on any atom is -0.452 e. The average Bonchev–Trinajstić information content (AvgIpc) is 2.71. The third-order valence-electron chi connectivity index (χ3n) is 4.93. The molecule has 1 saturated heterocycles. The van der Waals surface area contributed by atoms with Gasteiger partial charge in [-0.1, -0.05) is 19.9 Å². The lowest BCUT2D eigenvalue weighted by Gasteiger charge is -2.30. The summed E-state index contributed by atoms with van der Waals surface area (Å²) in [6.07, 6.45) is -5.33. The van der Waals surface area contributed by atoms with Crippen LogP contribution >= 0.6 is 0 Å². The first kappa shape index (κ1) is 25.1. The van der Waals surface area contributed by atoms with Gasteiger partial charge in [0, 0.05) is 19.6 Å². The molecule has 7 nitrogen and oxygen atoms in total. The van der Waals surface area contributed by atoms with Crippen molar-refractivity contribution in [1.29, 1.82) is 0 Å². The lowest BCUT2D eigenvalue weighted by atomic mass is 9.98. The molecule has 1 heterocycles. The van der Waals surface area contributed by atoms with Crippen molar-refractivity contribution in [3.8, 4) is 0 Å². The van der Waals surface area contributed by atoms with Gasteiger partial charge in [-0.2, -0.15) is 17.5 Å². The summed E-state index contributed by atoms with van der Waals surface area (Å²) in [5.74, 6) is -1.35. The Kier molecular flexibility index (Phi) is 8.09. The van der Waals surface area contributed by atoms with Crippen LogP contribution in [0.15, 0.2) is 29.2 Å². The molecule has 11 heteroatoms. The SMILES string of the molecule is CC(C)CNC(=O)C(C)OC(=O)C1CCN(S(=O)(=O)c2cccc(C(F)(F)F)c2)CC1. The highest BCUT2D eigenvalue weighted by Crippen LogP contribution is 2.32. The molecule has 0 spiro atoms. The molecule has 1 aromatic carbocycles. The van der Waals surface area contributed by atoms with Crippen molar-refractivity contribution in [2.75, 3.05) is 19.6 Å². The van der Waals surface area contributed by atoms with Crippen molar-refractivity contribution >= 4 is 21.9 Å². The monoisotopic (exact) mass is 464 g/mol. The Balaban J connectivity index is 1.96. The van der Waals surface area contributed by atoms with Crippen molar-refractivity contribution < 1.29 is 35.9 Å². The van der Waals surface area contributed by atoms with Gasteiger partial charge in [-0.3, -0.25) is 9.59 Å². The fourth-order valence-corrected chi connectivity index (χ4v) is 4.60. The molecule has 0 aliphatic carbocycles. The van der Waals surface area contributed by atoms with Crippen LogP contribution in [-0.4, -0.2) is 50.3 Å². The maximum Gasteiger partial charge on any atom is 0.416 e. The van der Waals surface area contributed by atoms with Gasteiger partial charge < -0.3 is 10.1 Å². The van der Waals surface area contributed by atoms with E-state index in [1.54, 1.807) is 0 Å². The van der Waals surface area contributed by atoms with Gasteiger partial charge in [0.25, 0.3) is 5.91 Å². The maximum absolute atomic E-state index is 12.9. The highest BCUT2D eigenvalue weighted by molar-refractivity contribution is 7.89. The number of amides is 1. The molecule has 1 aromatic rings. The van der Waals surface area contributed by atoms with Crippen molar-refractivity contribution in [2.45, 2.75) is 50.8 Å². The second kappa shape index (κ2) is 9.99. The minimum absolute atomic E-state index is 0.0354. The summed E-state index contributed by atoms with van der Waals surface area (Å²) in [4.78, 5) is 23.8. The van der Waals surface area contributed by atoms with Gasteiger partial charge in [-0.25, -0.2) is 8.42 Å². The van der Waals surface area contributed by atoms with Crippen LogP contribution in [0.2, 0.25) is 0 Å². The first-order valence-corrected chi connectivity index (χ1v) is 11.4. The van der Waals surface area contributed by atoms with Crippen LogP contribution in [0.5, 0.6) is 0 Å². The molecule has 1 aliphatic rings. The molecule has 174 valence electrons. The van der Waals surface area contributed by atoms with Gasteiger partial charge in [-0.05, 0) is 43.9 Å². The van der Waals surface area contributed by atoms with E-state index < -0.39 is 50.6 Å². The summed E-state index contributed by atoms with van der Waals surface area (Å²) < 4.78 is 70.4. The Labute approximate surface area is 180 Å². The number of nitrogens with zero attached hydrogens (tertiary/aromatic N) is 1. The molecular formula is C20H27F3N2O5S. The summed E-state index contributed by atoms with van der Waals surface area (Å²) in [5, 5.41) is 2.67. The zero-order valence-corrected chi connectivity index (χ0v) is 18.4. The van der Waals surface area contributed by atoms with E-state index in [1.807, 2.05) is 13.8 Å². The first-order valence-electron chi connectivity index (χ1n) is 9.98. The fraction of sp³-hybridized carbons (Fsp3) is 0.600. The summed E-state index contributed by atoms with van der Waals surface area (Å²) in [5.41, 5.74) is -1.04. The number of esters is 1. The smallest absolute Gasteiger partial charge is 0.416 e. The van der Waals surface area contributed by atoms with Gasteiger partial charge in [0.2, 0.25) is 10.0 Å². The number of hydrogen-bond donors (Lipinski definition) is 1. The molecule has 0 radical (unpaired) electrons. The number of hydrogen-bond acceptors (Lipinski definition) is 5. The number of rotatable bonds is 7. The molecule has 0 bridgehead atoms. The molecule has 0 aromatic heterocycles. The standard InChI is InChI=1S/C20H27F3N2O5S/c1-13(2)12-24-18(26)14(3)30-19(27)15-7-9-25(10-8-15)31(28,29)17-6-4-5-16(11-17)20(21,22)23/h4-6,11,13-15H,7-10,12H2,1-3H3,(H,24,26). The number of sulfonamides is 1. The number of ether oxygens (including phenoxy) is 1. The third-order valence-corrected chi connectivity index (χ3v) is 6.83. The van der Waals surface area contributed by atoms with Gasteiger partial charge in [0.05, 0.1) is 16.4 Å². The molecule has 1 unspecified atom stereocenters. The Morgan fingerprint density at radius 3 is 2.35 bits per heavy atom. The summed E-state index contributed by atoms with van der Waals surface area (Å²) in [7, 11) is -4.13. The number of piperidine rings is 1. The number of carbonyl (C=O) groups is 2. The zero-order chi connectivity index (χ0) is 23.4. The second-order valence-electron chi connectivity index (χ2n) is 7.92. The maximum atomic E-state index is 12.9. The van der Waals surface area contributed by atoms with Crippen LogP contribution in [0.4, 0.5) is 13.2 Å². The molecule has 1 atom stereocenters. The van der Waals surface area contributed by atoms with Crippen molar-refractivity contribution in [3.63, 3.8) is 0 Å². The topological polar surface area (TPSA) is 92.8 Å². The number of benzene rings is 1. The fourth-order valence-electron chi connectivity index (χ4n) is 3.09. The van der Waals surface area contributed by atoms with E-state index in [4.69, 9.17) is 4.74 Å². The molecular weight excluding hydrogens is 437 g/mol. The van der Waals surface area contributed by atoms with E-state index in [0.717, 1.165) is 22.5 Å². The lowest BCUT2D eigenvalue weighted by Crippen LogP contribution is -2.42. The highest BCUT2D eigenvalue weighted by Gasteiger charge is 2.36. The molecule has 1 fully saturated rings. The summed E-state index contributed by atoms with van der Waals surface area (Å²) in [6, 6.07) is 3.57. The zero-order valence-electron chi connectivity index (χ0n) is 17.6. The number of carbonyl (C=O) groups excluding carboxylic acids is 2. The van der Waals surface area contributed by atoms with Crippen molar-refractivity contribution in [3.05, 3.63) is 29.8 Å². The van der Waals surface area contributed by atoms with E-state index >= 15 is 0 Å². The van der Waals surface area contributed by atoms with Gasteiger partial charge in [-0.15, -0.1) is 0 Å². The number of nitrogens with one attached hydrogen (secondary N) is 1. The van der Waals surface area contributed by atoms with Crippen molar-refractivity contribution in [2.24, 2.45) is 11.8 Å². The van der Waals surface area contributed by atoms with Gasteiger partial charge in [0.1, 0.15) is 0 Å². The van der Waals surface area contributed by atoms with Gasteiger partial charge >= 0.3 is 12.1 Å². The summed E-state index contributed by atoms with van der Waals surface area (Å²) >= 11 is 0. The molecule has 1 aliphatic heterocycles. The lowest BCUT2D eigenvalue weighted by molar-refractivity contribution is -0.159. The normalized spacial score (nSPS) is 17.4. The van der Waals surface area contributed by atoms with Crippen LogP contribution in [-0.2, 0) is 30.5 Å². The van der Waals surface area contributed by atoms with Crippen LogP contribution in [0.25, 0.3) is 0 Å². The minimum atomic E-state index is -4.65. The quantitative estimate of drug-likeness (QED) is 0.627. The Morgan fingerprint density at radius 1 is 1.19 bits per heavy atom. The highest BCUT2D eigenvalue weighted by atomic mass is 32.2. The molecule has 31 heavy (non-hydrogen) atoms. The van der Waals surface area contributed by atoms with Gasteiger partial charge in [0.15, 0.2) is 6.10 Å². The van der Waals surface area contributed by atoms with Crippen LogP contribution in [0, 0.1) is 11.8 Å². The van der Waals surface area contributed by atoms with E-state index in [1.165, 1.54) is 6.92 Å². The van der Waals surface area contributed by atoms with E-state index in [0.29, 0.717) is 12.6 Å². The molecule has 2 rings (SSSR count). The second-order valence-corrected chi connectivity index (χ2v) is 9.86. The molecule has 1 amide bonds. The molecule has 1 N–H and O–H groups in total. The van der Waals surface area contributed by atoms with Crippen molar-refractivity contribution in [1.82, 2.24) is 9.62 Å². The third kappa shape index (κ3) is 6.67. The van der Waals surface area contributed by atoms with Crippen LogP contribution < -0.4 is 5.32 Å². The van der Waals surface area contributed by atoms with E-state index in [-0.39, 0.29) is 31.8 Å². The Morgan fingerprint density at radius 2 is 1.81 bits per heavy atom.